The van der Waals surface area contributed by atoms with E-state index in [1.54, 1.807) is 0 Å². The number of hydrogen-bond acceptors (Lipinski definition) is 6. The third kappa shape index (κ3) is 10.7. The van der Waals surface area contributed by atoms with Crippen LogP contribution in [0.25, 0.3) is 0 Å². The summed E-state index contributed by atoms with van der Waals surface area (Å²) in [5.41, 5.74) is 3.22. The van der Waals surface area contributed by atoms with Crippen molar-refractivity contribution in [1.82, 2.24) is 25.3 Å². The fourth-order valence-electron chi connectivity index (χ4n) is 3.04. The van der Waals surface area contributed by atoms with Crippen molar-refractivity contribution in [2.24, 2.45) is 0 Å². The second-order valence-corrected chi connectivity index (χ2v) is 8.17. The number of phenols is 1. The van der Waals surface area contributed by atoms with Crippen LogP contribution < -0.4 is 10.6 Å². The molecular formula is C21H41N5O. The molecule has 1 aromatic rings. The van der Waals surface area contributed by atoms with Gasteiger partial charge in [0.15, 0.2) is 0 Å². The number of rotatable bonds is 14. The Morgan fingerprint density at radius 3 is 1.56 bits per heavy atom. The standard InChI is InChI=1S/C21H41N5O/c1-24(2)11-7-9-22-15-19-13-18(17-26(5)6)14-20(21(19)27)16-23-10-8-12-25(3)4/h13-14,22-23,27H,7-12,15-17H2,1-6H3. The molecule has 0 aromatic heterocycles. The summed E-state index contributed by atoms with van der Waals surface area (Å²) < 4.78 is 0. The van der Waals surface area contributed by atoms with Crippen molar-refractivity contribution in [3.8, 4) is 5.75 Å². The summed E-state index contributed by atoms with van der Waals surface area (Å²) in [5, 5.41) is 17.7. The summed E-state index contributed by atoms with van der Waals surface area (Å²) >= 11 is 0. The summed E-state index contributed by atoms with van der Waals surface area (Å²) in [5.74, 6) is 0.428. The van der Waals surface area contributed by atoms with Crippen molar-refractivity contribution in [2.45, 2.75) is 32.5 Å². The SMILES string of the molecule is CN(C)CCCNCc1cc(CN(C)C)cc(CNCCCN(C)C)c1O. The summed E-state index contributed by atoms with van der Waals surface area (Å²) in [6.45, 7) is 6.33. The molecule has 156 valence electrons. The average Bonchev–Trinajstić information content (AvgIpc) is 2.56. The molecule has 0 saturated carbocycles. The molecule has 6 nitrogen and oxygen atoms in total. The van der Waals surface area contributed by atoms with E-state index in [-0.39, 0.29) is 0 Å². The monoisotopic (exact) mass is 379 g/mol. The molecule has 6 heteroatoms. The second-order valence-electron chi connectivity index (χ2n) is 8.17. The largest absolute Gasteiger partial charge is 0.507 e. The van der Waals surface area contributed by atoms with Crippen molar-refractivity contribution >= 4 is 0 Å². The van der Waals surface area contributed by atoms with Crippen LogP contribution in [0.5, 0.6) is 5.75 Å². The van der Waals surface area contributed by atoms with Gasteiger partial charge in [-0.15, -0.1) is 0 Å². The van der Waals surface area contributed by atoms with Gasteiger partial charge in [0.2, 0.25) is 0 Å². The first kappa shape index (κ1) is 23.9. The zero-order valence-corrected chi connectivity index (χ0v) is 18.3. The zero-order chi connectivity index (χ0) is 20.2. The molecule has 0 aliphatic carbocycles. The van der Waals surface area contributed by atoms with Crippen LogP contribution >= 0.6 is 0 Å². The van der Waals surface area contributed by atoms with Crippen LogP contribution in [0.1, 0.15) is 29.5 Å². The lowest BCUT2D eigenvalue weighted by molar-refractivity contribution is 0.391. The predicted molar refractivity (Wildman–Crippen MR) is 115 cm³/mol. The van der Waals surface area contributed by atoms with Gasteiger partial charge in [-0.1, -0.05) is 0 Å². The maximum absolute atomic E-state index is 10.7. The molecule has 0 heterocycles. The van der Waals surface area contributed by atoms with Gasteiger partial charge in [0, 0.05) is 30.8 Å². The van der Waals surface area contributed by atoms with E-state index in [4.69, 9.17) is 0 Å². The van der Waals surface area contributed by atoms with E-state index in [1.165, 1.54) is 5.56 Å². The van der Waals surface area contributed by atoms with E-state index in [0.717, 1.165) is 56.7 Å². The predicted octanol–water partition coefficient (Wildman–Crippen LogP) is 1.54. The number of phenolic OH excluding ortho intramolecular Hbond substituents is 1. The second kappa shape index (κ2) is 13.1. The molecule has 0 atom stereocenters. The number of hydrogen-bond donors (Lipinski definition) is 3. The lowest BCUT2D eigenvalue weighted by Gasteiger charge is -2.17. The van der Waals surface area contributed by atoms with E-state index in [1.807, 2.05) is 0 Å². The average molecular weight is 380 g/mol. The highest BCUT2D eigenvalue weighted by atomic mass is 16.3. The summed E-state index contributed by atoms with van der Waals surface area (Å²) in [7, 11) is 12.5. The van der Waals surface area contributed by atoms with E-state index in [2.05, 4.69) is 79.8 Å². The van der Waals surface area contributed by atoms with Crippen LogP contribution in [0.3, 0.4) is 0 Å². The molecular weight excluding hydrogens is 338 g/mol. The summed E-state index contributed by atoms with van der Waals surface area (Å²) in [6, 6.07) is 4.26. The topological polar surface area (TPSA) is 54.0 Å². The molecule has 27 heavy (non-hydrogen) atoms. The summed E-state index contributed by atoms with van der Waals surface area (Å²) in [4.78, 5) is 6.54. The molecule has 0 aliphatic rings. The van der Waals surface area contributed by atoms with Crippen molar-refractivity contribution in [3.05, 3.63) is 28.8 Å². The van der Waals surface area contributed by atoms with E-state index >= 15 is 0 Å². The number of nitrogens with one attached hydrogen (secondary N) is 2. The van der Waals surface area contributed by atoms with Crippen LogP contribution in [-0.2, 0) is 19.6 Å². The molecule has 0 saturated heterocycles. The highest BCUT2D eigenvalue weighted by Gasteiger charge is 2.11. The minimum absolute atomic E-state index is 0.428. The molecule has 0 aliphatic heterocycles. The maximum Gasteiger partial charge on any atom is 0.124 e. The van der Waals surface area contributed by atoms with Gasteiger partial charge in [0.05, 0.1) is 0 Å². The maximum atomic E-state index is 10.7. The minimum Gasteiger partial charge on any atom is -0.507 e. The van der Waals surface area contributed by atoms with Gasteiger partial charge < -0.3 is 30.4 Å². The van der Waals surface area contributed by atoms with Gasteiger partial charge in [-0.2, -0.15) is 0 Å². The fourth-order valence-corrected chi connectivity index (χ4v) is 3.04. The van der Waals surface area contributed by atoms with Gasteiger partial charge in [-0.25, -0.2) is 0 Å². The highest BCUT2D eigenvalue weighted by Crippen LogP contribution is 2.25. The quantitative estimate of drug-likeness (QED) is 0.426. The molecule has 0 radical (unpaired) electrons. The normalized spacial score (nSPS) is 11.9. The smallest absolute Gasteiger partial charge is 0.124 e. The van der Waals surface area contributed by atoms with Gasteiger partial charge in [0.1, 0.15) is 5.75 Å². The molecule has 0 spiro atoms. The molecule has 0 amide bonds. The van der Waals surface area contributed by atoms with Crippen LogP contribution in [0.4, 0.5) is 0 Å². The van der Waals surface area contributed by atoms with E-state index < -0.39 is 0 Å². The molecule has 0 fully saturated rings. The summed E-state index contributed by atoms with van der Waals surface area (Å²) in [6.07, 6.45) is 2.21. The lowest BCUT2D eigenvalue weighted by Crippen LogP contribution is -2.22. The third-order valence-corrected chi connectivity index (χ3v) is 4.38. The molecule has 3 N–H and O–H groups in total. The van der Waals surface area contributed by atoms with Crippen molar-refractivity contribution in [2.75, 3.05) is 68.5 Å². The van der Waals surface area contributed by atoms with E-state index in [0.29, 0.717) is 18.8 Å². The van der Waals surface area contributed by atoms with E-state index in [9.17, 15) is 5.11 Å². The number of benzene rings is 1. The Hall–Kier alpha value is -1.18. The number of aromatic hydroxyl groups is 1. The Labute approximate surface area is 166 Å². The van der Waals surface area contributed by atoms with Crippen LogP contribution in [0.15, 0.2) is 12.1 Å². The first-order chi connectivity index (χ1) is 12.8. The minimum atomic E-state index is 0.428. The molecule has 1 aromatic carbocycles. The Bertz CT molecular complexity index is 492. The van der Waals surface area contributed by atoms with Crippen molar-refractivity contribution in [1.29, 1.82) is 0 Å². The molecule has 1 rings (SSSR count). The van der Waals surface area contributed by atoms with Crippen LogP contribution in [0, 0.1) is 0 Å². The molecule has 0 bridgehead atoms. The Kier molecular flexibility index (Phi) is 11.6. The van der Waals surface area contributed by atoms with Crippen molar-refractivity contribution in [3.63, 3.8) is 0 Å². The van der Waals surface area contributed by atoms with Gasteiger partial charge in [0.25, 0.3) is 0 Å². The fraction of sp³-hybridized carbons (Fsp3) is 0.714. The third-order valence-electron chi connectivity index (χ3n) is 4.38. The van der Waals surface area contributed by atoms with Crippen LogP contribution in [0.2, 0.25) is 0 Å². The van der Waals surface area contributed by atoms with Gasteiger partial charge in [-0.05, 0) is 99.0 Å². The number of nitrogens with zero attached hydrogens (tertiary/aromatic N) is 3. The van der Waals surface area contributed by atoms with Crippen molar-refractivity contribution < 1.29 is 5.11 Å². The zero-order valence-electron chi connectivity index (χ0n) is 18.3. The molecule has 0 unspecified atom stereocenters. The Morgan fingerprint density at radius 2 is 1.19 bits per heavy atom. The van der Waals surface area contributed by atoms with Gasteiger partial charge in [-0.3, -0.25) is 0 Å². The first-order valence-corrected chi connectivity index (χ1v) is 9.99. The lowest BCUT2D eigenvalue weighted by atomic mass is 10.0. The first-order valence-electron chi connectivity index (χ1n) is 9.99. The Balaban J connectivity index is 2.67. The van der Waals surface area contributed by atoms with Crippen LogP contribution in [-0.4, -0.2) is 88.3 Å². The highest BCUT2D eigenvalue weighted by molar-refractivity contribution is 5.44. The Morgan fingerprint density at radius 1 is 0.741 bits per heavy atom. The van der Waals surface area contributed by atoms with Gasteiger partial charge >= 0.3 is 0 Å².